The van der Waals surface area contributed by atoms with E-state index in [0.717, 1.165) is 57.0 Å². The normalized spacial score (nSPS) is 14.7. The number of aliphatic hydroxyl groups is 1. The predicted octanol–water partition coefficient (Wildman–Crippen LogP) is 2.67. The maximum absolute atomic E-state index is 8.90. The number of aliphatic hydroxyl groups excluding tert-OH is 1. The van der Waals surface area contributed by atoms with Gasteiger partial charge in [-0.05, 0) is 43.7 Å². The Morgan fingerprint density at radius 3 is 1.87 bits per heavy atom. The molecule has 31 heavy (non-hydrogen) atoms. The Labute approximate surface area is 183 Å². The highest BCUT2D eigenvalue weighted by molar-refractivity contribution is 5.58. The molecule has 0 amide bonds. The van der Waals surface area contributed by atoms with Crippen molar-refractivity contribution in [2.24, 2.45) is 0 Å². The largest absolute Gasteiger partial charge is 0.396 e. The summed E-state index contributed by atoms with van der Waals surface area (Å²) in [7, 11) is 0. The molecule has 3 aromatic heterocycles. The second-order valence-electron chi connectivity index (χ2n) is 7.68. The average molecular weight is 420 g/mol. The number of pyridine rings is 2. The zero-order valence-electron chi connectivity index (χ0n) is 17.8. The number of nitrogens with zero attached hydrogens (tertiary/aromatic N) is 7. The highest BCUT2D eigenvalue weighted by Gasteiger charge is 2.21. The van der Waals surface area contributed by atoms with Crippen LogP contribution in [0.1, 0.15) is 25.7 Å². The van der Waals surface area contributed by atoms with Crippen molar-refractivity contribution in [3.63, 3.8) is 0 Å². The summed E-state index contributed by atoms with van der Waals surface area (Å²) in [6.45, 7) is 5.14. The fourth-order valence-corrected chi connectivity index (χ4v) is 3.70. The zero-order valence-corrected chi connectivity index (χ0v) is 17.8. The number of anilines is 1. The Balaban J connectivity index is 1.48. The Morgan fingerprint density at radius 1 is 0.710 bits per heavy atom. The molecular weight excluding hydrogens is 390 g/mol. The fourth-order valence-electron chi connectivity index (χ4n) is 3.70. The van der Waals surface area contributed by atoms with Crippen molar-refractivity contribution in [1.82, 2.24) is 29.8 Å². The van der Waals surface area contributed by atoms with E-state index in [9.17, 15) is 0 Å². The number of rotatable bonds is 9. The van der Waals surface area contributed by atoms with Gasteiger partial charge in [0.2, 0.25) is 5.95 Å². The zero-order chi connectivity index (χ0) is 21.3. The van der Waals surface area contributed by atoms with E-state index in [-0.39, 0.29) is 0 Å². The van der Waals surface area contributed by atoms with Crippen molar-refractivity contribution < 1.29 is 5.11 Å². The molecule has 0 radical (unpaired) electrons. The summed E-state index contributed by atoms with van der Waals surface area (Å²) >= 11 is 0. The van der Waals surface area contributed by atoms with Gasteiger partial charge in [-0.3, -0.25) is 14.9 Å². The van der Waals surface area contributed by atoms with E-state index >= 15 is 0 Å². The van der Waals surface area contributed by atoms with Crippen molar-refractivity contribution >= 4 is 5.95 Å². The molecule has 162 valence electrons. The molecule has 0 saturated carbocycles. The number of unbranched alkanes of at least 4 members (excludes halogenated alkanes) is 3. The van der Waals surface area contributed by atoms with E-state index in [1.54, 1.807) is 12.4 Å². The minimum Gasteiger partial charge on any atom is -0.396 e. The van der Waals surface area contributed by atoms with Gasteiger partial charge in [0.25, 0.3) is 0 Å². The van der Waals surface area contributed by atoms with Gasteiger partial charge in [-0.1, -0.05) is 25.0 Å². The highest BCUT2D eigenvalue weighted by Crippen LogP contribution is 2.21. The molecule has 0 spiro atoms. The summed E-state index contributed by atoms with van der Waals surface area (Å²) in [5.74, 6) is 1.81. The highest BCUT2D eigenvalue weighted by atomic mass is 16.2. The third-order valence-electron chi connectivity index (χ3n) is 5.45. The first-order valence-corrected chi connectivity index (χ1v) is 11.0. The Morgan fingerprint density at radius 2 is 1.32 bits per heavy atom. The molecule has 3 aromatic rings. The van der Waals surface area contributed by atoms with Crippen molar-refractivity contribution in [1.29, 1.82) is 0 Å². The van der Waals surface area contributed by atoms with Gasteiger partial charge in [0.15, 0.2) is 11.6 Å². The van der Waals surface area contributed by atoms with Crippen LogP contribution in [0.2, 0.25) is 0 Å². The molecule has 0 atom stereocenters. The second-order valence-corrected chi connectivity index (χ2v) is 7.68. The standard InChI is InChI=1S/C23H29N7O/c31-18-8-2-1-7-13-29-14-16-30(17-15-29)23-27-21(19-9-3-5-11-24-19)26-22(28-23)20-10-4-6-12-25-20/h3-6,9-12,31H,1-2,7-8,13-18H2. The van der Waals surface area contributed by atoms with E-state index in [2.05, 4.69) is 24.8 Å². The van der Waals surface area contributed by atoms with E-state index < -0.39 is 0 Å². The van der Waals surface area contributed by atoms with E-state index in [4.69, 9.17) is 15.1 Å². The average Bonchev–Trinajstić information content (AvgIpc) is 2.85. The molecule has 1 N–H and O–H groups in total. The van der Waals surface area contributed by atoms with E-state index in [1.165, 1.54) is 12.8 Å². The third-order valence-corrected chi connectivity index (χ3v) is 5.45. The summed E-state index contributed by atoms with van der Waals surface area (Å²) in [4.78, 5) is 27.7. The molecule has 8 heteroatoms. The maximum atomic E-state index is 8.90. The minimum atomic E-state index is 0.297. The third kappa shape index (κ3) is 5.80. The first-order chi connectivity index (χ1) is 15.3. The van der Waals surface area contributed by atoms with Gasteiger partial charge in [-0.15, -0.1) is 0 Å². The molecule has 1 saturated heterocycles. The fraction of sp³-hybridized carbons (Fsp3) is 0.435. The Hall–Kier alpha value is -2.97. The maximum Gasteiger partial charge on any atom is 0.229 e. The summed E-state index contributed by atoms with van der Waals surface area (Å²) in [6.07, 6.45) is 7.87. The molecule has 4 heterocycles. The van der Waals surface area contributed by atoms with Crippen LogP contribution < -0.4 is 4.90 Å². The van der Waals surface area contributed by atoms with Crippen LogP contribution in [0.3, 0.4) is 0 Å². The lowest BCUT2D eigenvalue weighted by Gasteiger charge is -2.34. The number of hydrogen-bond acceptors (Lipinski definition) is 8. The topological polar surface area (TPSA) is 91.2 Å². The lowest BCUT2D eigenvalue weighted by molar-refractivity contribution is 0.246. The molecule has 1 fully saturated rings. The van der Waals surface area contributed by atoms with Gasteiger partial charge in [-0.2, -0.15) is 9.97 Å². The van der Waals surface area contributed by atoms with Crippen molar-refractivity contribution in [3.05, 3.63) is 48.8 Å². The summed E-state index contributed by atoms with van der Waals surface area (Å²) in [5, 5.41) is 8.90. The number of hydrogen-bond donors (Lipinski definition) is 1. The van der Waals surface area contributed by atoms with Crippen LogP contribution in [0.4, 0.5) is 5.95 Å². The lowest BCUT2D eigenvalue weighted by Crippen LogP contribution is -2.47. The Kier molecular flexibility index (Phi) is 7.46. The SMILES string of the molecule is OCCCCCCN1CCN(c2nc(-c3ccccn3)nc(-c3ccccn3)n2)CC1. The first kappa shape index (κ1) is 21.3. The van der Waals surface area contributed by atoms with Gasteiger partial charge in [0.05, 0.1) is 0 Å². The number of aromatic nitrogens is 5. The molecule has 0 unspecified atom stereocenters. The van der Waals surface area contributed by atoms with Gasteiger partial charge >= 0.3 is 0 Å². The molecular formula is C23H29N7O. The van der Waals surface area contributed by atoms with Crippen LogP contribution >= 0.6 is 0 Å². The molecule has 1 aliphatic rings. The van der Waals surface area contributed by atoms with Crippen LogP contribution in [0, 0.1) is 0 Å². The molecule has 1 aliphatic heterocycles. The smallest absolute Gasteiger partial charge is 0.229 e. The van der Waals surface area contributed by atoms with Gasteiger partial charge in [0, 0.05) is 45.2 Å². The molecule has 0 bridgehead atoms. The van der Waals surface area contributed by atoms with Crippen LogP contribution in [0.5, 0.6) is 0 Å². The van der Waals surface area contributed by atoms with Gasteiger partial charge in [-0.25, -0.2) is 4.98 Å². The second kappa shape index (κ2) is 10.9. The quantitative estimate of drug-likeness (QED) is 0.530. The van der Waals surface area contributed by atoms with Crippen LogP contribution in [0.25, 0.3) is 23.0 Å². The predicted molar refractivity (Wildman–Crippen MR) is 120 cm³/mol. The molecule has 8 nitrogen and oxygen atoms in total. The van der Waals surface area contributed by atoms with E-state index in [1.807, 2.05) is 36.4 Å². The molecule has 0 aliphatic carbocycles. The lowest BCUT2D eigenvalue weighted by atomic mass is 10.2. The monoisotopic (exact) mass is 419 g/mol. The number of piperazine rings is 1. The van der Waals surface area contributed by atoms with E-state index in [0.29, 0.717) is 24.2 Å². The van der Waals surface area contributed by atoms with Crippen LogP contribution in [0.15, 0.2) is 48.8 Å². The first-order valence-electron chi connectivity index (χ1n) is 11.0. The van der Waals surface area contributed by atoms with Crippen molar-refractivity contribution in [2.45, 2.75) is 25.7 Å². The van der Waals surface area contributed by atoms with Crippen LogP contribution in [-0.2, 0) is 0 Å². The van der Waals surface area contributed by atoms with Gasteiger partial charge < -0.3 is 10.0 Å². The summed E-state index contributed by atoms with van der Waals surface area (Å²) in [6, 6.07) is 11.5. The molecule has 0 aromatic carbocycles. The van der Waals surface area contributed by atoms with Crippen molar-refractivity contribution in [3.8, 4) is 23.0 Å². The van der Waals surface area contributed by atoms with Crippen LogP contribution in [-0.4, -0.2) is 74.3 Å². The summed E-state index contributed by atoms with van der Waals surface area (Å²) in [5.41, 5.74) is 1.45. The van der Waals surface area contributed by atoms with Crippen molar-refractivity contribution in [2.75, 3.05) is 44.2 Å². The minimum absolute atomic E-state index is 0.297. The Bertz CT molecular complexity index is 873. The van der Waals surface area contributed by atoms with Gasteiger partial charge in [0.1, 0.15) is 11.4 Å². The molecule has 4 rings (SSSR count). The summed E-state index contributed by atoms with van der Waals surface area (Å²) < 4.78 is 0.